The Kier molecular flexibility index (Phi) is 5.59. The molecule has 1 aromatic heterocycles. The number of rotatable bonds is 8. The zero-order valence-corrected chi connectivity index (χ0v) is 10.4. The van der Waals surface area contributed by atoms with Crippen LogP contribution in [-0.4, -0.2) is 49.2 Å². The molecular weight excluding hydrogens is 272 g/mol. The van der Waals surface area contributed by atoms with Crippen molar-refractivity contribution >= 4 is 17.7 Å². The molecule has 3 N–H and O–H groups in total. The number of nitrogens with one attached hydrogen (secondary N) is 1. The summed E-state index contributed by atoms with van der Waals surface area (Å²) in [5.74, 6) is -1.99. The molecule has 0 bridgehead atoms. The first-order valence-corrected chi connectivity index (χ1v) is 5.74. The highest BCUT2D eigenvalue weighted by molar-refractivity contribution is 5.76. The van der Waals surface area contributed by atoms with Crippen molar-refractivity contribution in [3.63, 3.8) is 0 Å². The highest BCUT2D eigenvalue weighted by Crippen LogP contribution is 2.05. The predicted octanol–water partition coefficient (Wildman–Crippen LogP) is -0.867. The van der Waals surface area contributed by atoms with E-state index in [0.29, 0.717) is 0 Å². The Morgan fingerprint density at radius 3 is 2.80 bits per heavy atom. The zero-order chi connectivity index (χ0) is 15.1. The van der Waals surface area contributed by atoms with Gasteiger partial charge in [-0.1, -0.05) is 0 Å². The second-order valence-corrected chi connectivity index (χ2v) is 3.97. The summed E-state index contributed by atoms with van der Waals surface area (Å²) in [7, 11) is 0. The maximum atomic E-state index is 11.4. The number of aliphatic hydroxyl groups is 1. The van der Waals surface area contributed by atoms with E-state index in [1.165, 1.54) is 17.1 Å². The number of hydrogen-bond acceptors (Lipinski definition) is 6. The largest absolute Gasteiger partial charge is 0.479 e. The van der Waals surface area contributed by atoms with Gasteiger partial charge in [-0.15, -0.1) is 0 Å². The first-order valence-electron chi connectivity index (χ1n) is 5.74. The number of imidazole rings is 1. The fourth-order valence-electron chi connectivity index (χ4n) is 1.36. The molecule has 0 aliphatic rings. The van der Waals surface area contributed by atoms with Crippen LogP contribution in [-0.2, 0) is 16.1 Å². The van der Waals surface area contributed by atoms with Crippen molar-refractivity contribution in [1.82, 2.24) is 14.9 Å². The van der Waals surface area contributed by atoms with Gasteiger partial charge >= 0.3 is 11.8 Å². The minimum Gasteiger partial charge on any atom is -0.479 e. The van der Waals surface area contributed by atoms with Crippen molar-refractivity contribution in [3.05, 3.63) is 22.6 Å². The van der Waals surface area contributed by atoms with E-state index >= 15 is 0 Å². The first kappa shape index (κ1) is 15.6. The second-order valence-electron chi connectivity index (χ2n) is 3.97. The Balaban J connectivity index is 2.25. The lowest BCUT2D eigenvalue weighted by molar-refractivity contribution is -0.389. The topological polar surface area (TPSA) is 148 Å². The number of amides is 1. The number of aromatic nitrogens is 2. The van der Waals surface area contributed by atoms with Crippen LogP contribution in [0.1, 0.15) is 12.8 Å². The number of carboxylic acid groups (broad SMARTS) is 1. The molecule has 110 valence electrons. The number of hydrogen-bond donors (Lipinski definition) is 3. The molecule has 0 fully saturated rings. The molecule has 0 unspecified atom stereocenters. The number of nitrogens with zero attached hydrogens (tertiary/aromatic N) is 3. The monoisotopic (exact) mass is 286 g/mol. The number of aryl methyl sites for hydroxylation is 1. The van der Waals surface area contributed by atoms with E-state index in [9.17, 15) is 19.7 Å². The maximum Gasteiger partial charge on any atom is 0.381 e. The van der Waals surface area contributed by atoms with Crippen molar-refractivity contribution < 1.29 is 24.7 Å². The van der Waals surface area contributed by atoms with Crippen LogP contribution in [0, 0.1) is 10.1 Å². The molecule has 10 heteroatoms. The summed E-state index contributed by atoms with van der Waals surface area (Å²) >= 11 is 0. The lowest BCUT2D eigenvalue weighted by atomic mass is 10.2. The average Bonchev–Trinajstić information content (AvgIpc) is 2.85. The van der Waals surface area contributed by atoms with Gasteiger partial charge in [-0.05, 0) is 9.91 Å². The molecule has 20 heavy (non-hydrogen) atoms. The Labute approximate surface area is 113 Å². The van der Waals surface area contributed by atoms with Gasteiger partial charge in [0.2, 0.25) is 12.2 Å². The van der Waals surface area contributed by atoms with Crippen LogP contribution in [0.5, 0.6) is 0 Å². The molecule has 0 aliphatic heterocycles. The standard InChI is InChI=1S/C10H14N4O6/c15-7(10(17)18)1-3-11-9(16)2-4-13-5-8(12-6-13)14(19)20/h5-7,15H,1-4H2,(H,11,16)(H,17,18)/t7-/m0/s1. The van der Waals surface area contributed by atoms with Crippen molar-refractivity contribution in [2.45, 2.75) is 25.5 Å². The number of nitro groups is 1. The summed E-state index contributed by atoms with van der Waals surface area (Å²) in [6.07, 6.45) is 0.932. The SMILES string of the molecule is O=C(CCn1cnc([N+](=O)[O-])c1)NCC[C@H](O)C(=O)O. The third-order valence-corrected chi connectivity index (χ3v) is 2.43. The average molecular weight is 286 g/mol. The van der Waals surface area contributed by atoms with Gasteiger partial charge in [-0.3, -0.25) is 4.79 Å². The van der Waals surface area contributed by atoms with E-state index in [0.717, 1.165) is 0 Å². The Morgan fingerprint density at radius 2 is 2.25 bits per heavy atom. The lowest BCUT2D eigenvalue weighted by Crippen LogP contribution is -2.30. The first-order chi connectivity index (χ1) is 9.40. The molecule has 1 heterocycles. The van der Waals surface area contributed by atoms with E-state index in [2.05, 4.69) is 10.3 Å². The normalized spacial score (nSPS) is 11.8. The smallest absolute Gasteiger partial charge is 0.381 e. The second kappa shape index (κ2) is 7.19. The minimum atomic E-state index is -1.51. The molecule has 10 nitrogen and oxygen atoms in total. The Bertz CT molecular complexity index is 500. The fraction of sp³-hybridized carbons (Fsp3) is 0.500. The van der Waals surface area contributed by atoms with Crippen LogP contribution in [0.25, 0.3) is 0 Å². The predicted molar refractivity (Wildman–Crippen MR) is 64.8 cm³/mol. The Morgan fingerprint density at radius 1 is 1.55 bits per heavy atom. The van der Waals surface area contributed by atoms with Crippen molar-refractivity contribution in [2.24, 2.45) is 0 Å². The number of carbonyl (C=O) groups is 2. The lowest BCUT2D eigenvalue weighted by Gasteiger charge is -2.07. The summed E-state index contributed by atoms with van der Waals surface area (Å²) in [6, 6.07) is 0. The van der Waals surface area contributed by atoms with Gasteiger partial charge in [-0.2, -0.15) is 0 Å². The minimum absolute atomic E-state index is 0.0381. The molecule has 1 atom stereocenters. The zero-order valence-electron chi connectivity index (χ0n) is 10.4. The molecule has 0 saturated carbocycles. The van der Waals surface area contributed by atoms with Gasteiger partial charge in [0.25, 0.3) is 0 Å². The van der Waals surface area contributed by atoms with Gasteiger partial charge in [-0.25, -0.2) is 4.79 Å². The molecular formula is C10H14N4O6. The molecule has 0 radical (unpaired) electrons. The number of carbonyl (C=O) groups excluding carboxylic acids is 1. The van der Waals surface area contributed by atoms with Crippen LogP contribution in [0.15, 0.2) is 12.5 Å². The maximum absolute atomic E-state index is 11.4. The van der Waals surface area contributed by atoms with Crippen LogP contribution < -0.4 is 5.32 Å². The summed E-state index contributed by atoms with van der Waals surface area (Å²) in [5, 5.41) is 30.2. The van der Waals surface area contributed by atoms with Gasteiger partial charge in [0.1, 0.15) is 6.20 Å². The highest BCUT2D eigenvalue weighted by atomic mass is 16.6. The summed E-state index contributed by atoms with van der Waals surface area (Å²) in [5.41, 5.74) is 0. The quantitative estimate of drug-likeness (QED) is 0.415. The van der Waals surface area contributed by atoms with E-state index in [1.807, 2.05) is 0 Å². The summed E-state index contributed by atoms with van der Waals surface area (Å²) < 4.78 is 1.41. The summed E-state index contributed by atoms with van der Waals surface area (Å²) in [6.45, 7) is 0.254. The fourth-order valence-corrected chi connectivity index (χ4v) is 1.36. The van der Waals surface area contributed by atoms with Crippen LogP contribution >= 0.6 is 0 Å². The Hall–Kier alpha value is -2.49. The van der Waals surface area contributed by atoms with Crippen molar-refractivity contribution in [3.8, 4) is 0 Å². The van der Waals surface area contributed by atoms with Crippen molar-refractivity contribution in [2.75, 3.05) is 6.54 Å². The molecule has 0 spiro atoms. The molecule has 0 aliphatic carbocycles. The molecule has 1 aromatic rings. The number of aliphatic carboxylic acids is 1. The van der Waals surface area contributed by atoms with Gasteiger partial charge in [0.15, 0.2) is 6.10 Å². The third-order valence-electron chi connectivity index (χ3n) is 2.43. The molecule has 1 rings (SSSR count). The van der Waals surface area contributed by atoms with Gasteiger partial charge < -0.3 is 30.2 Å². The van der Waals surface area contributed by atoms with E-state index in [1.54, 1.807) is 0 Å². The van der Waals surface area contributed by atoms with Gasteiger partial charge in [0.05, 0.1) is 0 Å². The third kappa shape index (κ3) is 5.02. The van der Waals surface area contributed by atoms with Crippen LogP contribution in [0.2, 0.25) is 0 Å². The van der Waals surface area contributed by atoms with E-state index < -0.39 is 17.0 Å². The van der Waals surface area contributed by atoms with E-state index in [4.69, 9.17) is 10.2 Å². The van der Waals surface area contributed by atoms with Crippen molar-refractivity contribution in [1.29, 1.82) is 0 Å². The number of carboxylic acids is 1. The number of aliphatic hydroxyl groups excluding tert-OH is 1. The molecule has 1 amide bonds. The molecule has 0 aromatic carbocycles. The summed E-state index contributed by atoms with van der Waals surface area (Å²) in [4.78, 5) is 35.0. The highest BCUT2D eigenvalue weighted by Gasteiger charge is 2.13. The van der Waals surface area contributed by atoms with E-state index in [-0.39, 0.29) is 37.7 Å². The van der Waals surface area contributed by atoms with Crippen LogP contribution in [0.4, 0.5) is 5.82 Å². The molecule has 0 saturated heterocycles. The van der Waals surface area contributed by atoms with Crippen LogP contribution in [0.3, 0.4) is 0 Å². The van der Waals surface area contributed by atoms with Gasteiger partial charge in [0, 0.05) is 25.9 Å².